The minimum atomic E-state index is -0.874. The lowest BCUT2D eigenvalue weighted by Crippen LogP contribution is -2.10. The fourth-order valence-corrected chi connectivity index (χ4v) is 4.68. The highest BCUT2D eigenvalue weighted by molar-refractivity contribution is 5.90. The van der Waals surface area contributed by atoms with E-state index in [1.165, 1.54) is 56.7 Å². The summed E-state index contributed by atoms with van der Waals surface area (Å²) in [6, 6.07) is 13.0. The van der Waals surface area contributed by atoms with Crippen molar-refractivity contribution < 1.29 is 23.7 Å². The Hall–Kier alpha value is -4.54. The molecule has 1 atom stereocenters. The number of benzene rings is 2. The third-order valence-electron chi connectivity index (χ3n) is 7.51. The zero-order chi connectivity index (χ0) is 31.3. The molecule has 11 heteroatoms. The molecule has 2 aromatic carbocycles. The number of nitro groups is 1. The Bertz CT molecular complexity index is 1500. The smallest absolute Gasteiger partial charge is 0.366 e. The van der Waals surface area contributed by atoms with Gasteiger partial charge in [-0.25, -0.2) is 4.79 Å². The maximum absolute atomic E-state index is 12.8. The van der Waals surface area contributed by atoms with E-state index in [2.05, 4.69) is 36.2 Å². The van der Waals surface area contributed by atoms with Gasteiger partial charge in [0.2, 0.25) is 5.75 Å². The van der Waals surface area contributed by atoms with Crippen LogP contribution in [0.15, 0.2) is 59.3 Å². The molecule has 2 aromatic heterocycles. The third kappa shape index (κ3) is 9.23. The van der Waals surface area contributed by atoms with Gasteiger partial charge in [-0.05, 0) is 48.7 Å². The van der Waals surface area contributed by atoms with Gasteiger partial charge in [0.05, 0.1) is 17.7 Å². The number of hydrogen-bond acceptors (Lipinski definition) is 9. The van der Waals surface area contributed by atoms with Crippen LogP contribution in [0.4, 0.5) is 5.69 Å². The molecule has 234 valence electrons. The average Bonchev–Trinajstić information content (AvgIpc) is 3.71. The number of nitrogens with zero attached hydrogens (tertiary/aromatic N) is 5. The monoisotopic (exact) mass is 603 g/mol. The molecular formula is C33H41N5O6. The molecule has 0 spiro atoms. The largest absolute Gasteiger partial charge is 0.494 e. The standard InChI is InChI=1S/C33H41N5O6/c1-4-6-7-8-9-10-11-12-19-42-27-16-13-25(14-17-27)32-21-28(35-44-32)33(39)43-31-18-15-26(20-30(31)38(40)41)29-23-37(36-34-29)22-24(3)5-2/h13-18,20-21,23-24H,4-12,19,22H2,1-3H3/t24-/m0/s1. The van der Waals surface area contributed by atoms with Gasteiger partial charge in [0, 0.05) is 29.8 Å². The summed E-state index contributed by atoms with van der Waals surface area (Å²) < 4.78 is 18.3. The van der Waals surface area contributed by atoms with E-state index in [4.69, 9.17) is 14.0 Å². The molecule has 0 unspecified atom stereocenters. The van der Waals surface area contributed by atoms with Crippen molar-refractivity contribution in [3.05, 3.63) is 70.5 Å². The molecule has 0 aliphatic carbocycles. The Morgan fingerprint density at radius 3 is 2.39 bits per heavy atom. The number of unbranched alkanes of at least 4 members (excludes halogenated alkanes) is 7. The van der Waals surface area contributed by atoms with Crippen LogP contribution in [0.2, 0.25) is 0 Å². The van der Waals surface area contributed by atoms with E-state index in [0.29, 0.717) is 41.7 Å². The maximum Gasteiger partial charge on any atom is 0.366 e. The average molecular weight is 604 g/mol. The van der Waals surface area contributed by atoms with Crippen LogP contribution in [0.1, 0.15) is 89.0 Å². The summed E-state index contributed by atoms with van der Waals surface area (Å²) in [5.41, 5.74) is 1.19. The van der Waals surface area contributed by atoms with E-state index < -0.39 is 10.9 Å². The highest BCUT2D eigenvalue weighted by Gasteiger charge is 2.23. The summed E-state index contributed by atoms with van der Waals surface area (Å²) in [4.78, 5) is 24.0. The molecule has 0 aliphatic heterocycles. The molecule has 44 heavy (non-hydrogen) atoms. The Labute approximate surface area is 257 Å². The van der Waals surface area contributed by atoms with E-state index >= 15 is 0 Å². The van der Waals surface area contributed by atoms with Crippen LogP contribution in [0.3, 0.4) is 0 Å². The summed E-state index contributed by atoms with van der Waals surface area (Å²) in [7, 11) is 0. The number of carbonyl (C=O) groups excluding carboxylic acids is 1. The van der Waals surface area contributed by atoms with Gasteiger partial charge < -0.3 is 14.0 Å². The second-order valence-electron chi connectivity index (χ2n) is 11.1. The Kier molecular flexibility index (Phi) is 12.0. The summed E-state index contributed by atoms with van der Waals surface area (Å²) in [5.74, 6) is 0.445. The van der Waals surface area contributed by atoms with Gasteiger partial charge in [-0.1, -0.05) is 82.5 Å². The van der Waals surface area contributed by atoms with E-state index in [-0.39, 0.29) is 17.1 Å². The van der Waals surface area contributed by atoms with Crippen LogP contribution in [-0.4, -0.2) is 37.7 Å². The van der Waals surface area contributed by atoms with Crippen LogP contribution in [-0.2, 0) is 6.54 Å². The van der Waals surface area contributed by atoms with E-state index in [1.807, 2.05) is 24.3 Å². The minimum Gasteiger partial charge on any atom is -0.494 e. The number of nitro benzene ring substituents is 1. The molecule has 0 saturated carbocycles. The van der Waals surface area contributed by atoms with Gasteiger partial charge in [0.15, 0.2) is 11.5 Å². The number of ether oxygens (including phenoxy) is 2. The van der Waals surface area contributed by atoms with E-state index in [1.54, 1.807) is 16.9 Å². The highest BCUT2D eigenvalue weighted by Crippen LogP contribution is 2.33. The summed E-state index contributed by atoms with van der Waals surface area (Å²) in [6.07, 6.45) is 12.7. The van der Waals surface area contributed by atoms with Crippen LogP contribution < -0.4 is 9.47 Å². The Morgan fingerprint density at radius 1 is 0.977 bits per heavy atom. The molecule has 2 heterocycles. The quantitative estimate of drug-likeness (QED) is 0.0362. The van der Waals surface area contributed by atoms with Crippen LogP contribution in [0, 0.1) is 16.0 Å². The zero-order valence-corrected chi connectivity index (χ0v) is 25.7. The number of aromatic nitrogens is 4. The predicted molar refractivity (Wildman–Crippen MR) is 167 cm³/mol. The van der Waals surface area contributed by atoms with E-state index in [0.717, 1.165) is 25.0 Å². The molecule has 4 rings (SSSR count). The predicted octanol–water partition coefficient (Wildman–Crippen LogP) is 8.29. The summed E-state index contributed by atoms with van der Waals surface area (Å²) in [5, 5.41) is 23.9. The first kappa shape index (κ1) is 32.4. The van der Waals surface area contributed by atoms with Crippen LogP contribution in [0.25, 0.3) is 22.6 Å². The molecule has 0 amide bonds. The topological polar surface area (TPSA) is 135 Å². The summed E-state index contributed by atoms with van der Waals surface area (Å²) >= 11 is 0. The molecule has 0 bridgehead atoms. The van der Waals surface area contributed by atoms with Crippen LogP contribution in [0.5, 0.6) is 11.5 Å². The third-order valence-corrected chi connectivity index (χ3v) is 7.51. The number of hydrogen-bond donors (Lipinski definition) is 0. The SMILES string of the molecule is CCCCCCCCCCOc1ccc(-c2cc(C(=O)Oc3ccc(-c4cn(C[C@@H](C)CC)nn4)cc3[N+](=O)[O-])no2)cc1. The van der Waals surface area contributed by atoms with E-state index in [9.17, 15) is 14.9 Å². The fraction of sp³-hybridized carbons (Fsp3) is 0.455. The maximum atomic E-state index is 12.8. The molecule has 0 radical (unpaired) electrons. The first-order valence-electron chi connectivity index (χ1n) is 15.5. The van der Waals surface area contributed by atoms with Crippen molar-refractivity contribution in [3.8, 4) is 34.1 Å². The lowest BCUT2D eigenvalue weighted by Gasteiger charge is -2.06. The van der Waals surface area contributed by atoms with Gasteiger partial charge in [0.1, 0.15) is 11.4 Å². The van der Waals surface area contributed by atoms with Gasteiger partial charge in [-0.3, -0.25) is 14.8 Å². The normalized spacial score (nSPS) is 11.8. The second kappa shape index (κ2) is 16.3. The van der Waals surface area contributed by atoms with Crippen molar-refractivity contribution >= 4 is 11.7 Å². The fourth-order valence-electron chi connectivity index (χ4n) is 4.68. The van der Waals surface area contributed by atoms with Gasteiger partial charge >= 0.3 is 11.7 Å². The Morgan fingerprint density at radius 2 is 1.68 bits per heavy atom. The first-order chi connectivity index (χ1) is 21.4. The van der Waals surface area contributed by atoms with Crippen molar-refractivity contribution in [2.45, 2.75) is 85.1 Å². The molecule has 0 fully saturated rings. The molecule has 0 N–H and O–H groups in total. The molecule has 11 nitrogen and oxygen atoms in total. The first-order valence-corrected chi connectivity index (χ1v) is 15.5. The van der Waals surface area contributed by atoms with Gasteiger partial charge in [-0.2, -0.15) is 0 Å². The second-order valence-corrected chi connectivity index (χ2v) is 11.1. The van der Waals surface area contributed by atoms with Crippen molar-refractivity contribution in [2.75, 3.05) is 6.61 Å². The lowest BCUT2D eigenvalue weighted by atomic mass is 10.1. The lowest BCUT2D eigenvalue weighted by molar-refractivity contribution is -0.385. The molecule has 4 aromatic rings. The number of carbonyl (C=O) groups is 1. The number of esters is 1. The van der Waals surface area contributed by atoms with Crippen molar-refractivity contribution in [1.82, 2.24) is 20.2 Å². The highest BCUT2D eigenvalue weighted by atomic mass is 16.6. The molecular weight excluding hydrogens is 562 g/mol. The Balaban J connectivity index is 1.31. The molecule has 0 saturated heterocycles. The van der Waals surface area contributed by atoms with Crippen molar-refractivity contribution in [2.24, 2.45) is 5.92 Å². The summed E-state index contributed by atoms with van der Waals surface area (Å²) in [6.45, 7) is 7.79. The number of rotatable bonds is 18. The minimum absolute atomic E-state index is 0.110. The van der Waals surface area contributed by atoms with Gasteiger partial charge in [-0.15, -0.1) is 5.10 Å². The zero-order valence-electron chi connectivity index (χ0n) is 25.7. The van der Waals surface area contributed by atoms with Crippen molar-refractivity contribution in [1.29, 1.82) is 0 Å². The molecule has 0 aliphatic rings. The van der Waals surface area contributed by atoms with Crippen LogP contribution >= 0.6 is 0 Å². The van der Waals surface area contributed by atoms with Gasteiger partial charge in [0.25, 0.3) is 0 Å². The van der Waals surface area contributed by atoms with Crippen molar-refractivity contribution in [3.63, 3.8) is 0 Å².